The van der Waals surface area contributed by atoms with E-state index in [9.17, 15) is 14.4 Å². The molecule has 1 aliphatic rings. The Morgan fingerprint density at radius 1 is 1.09 bits per heavy atom. The van der Waals surface area contributed by atoms with Crippen LogP contribution in [0.1, 0.15) is 28.0 Å². The zero-order chi connectivity index (χ0) is 22.6. The van der Waals surface area contributed by atoms with Crippen molar-refractivity contribution in [2.45, 2.75) is 18.3 Å². The Kier molecular flexibility index (Phi) is 6.32. The number of likely N-dealkylation sites (tertiary alicyclic amines) is 1. The fourth-order valence-electron chi connectivity index (χ4n) is 3.97. The standard InChI is InChI=1S/C24H23N3O4S/c1-31-22(30)24(18-10-6-3-7-11-18)12-13-27(16-24)20(28)14-19-15-32-23(25-19)26-21(29)17-8-4-2-5-9-17/h2-11,15H,12-14,16H2,1H3,(H,25,26,29)/t24-/m1/s1. The molecule has 32 heavy (non-hydrogen) atoms. The summed E-state index contributed by atoms with van der Waals surface area (Å²) in [5.74, 6) is -0.695. The summed E-state index contributed by atoms with van der Waals surface area (Å²) in [4.78, 5) is 44.0. The zero-order valence-electron chi connectivity index (χ0n) is 17.6. The van der Waals surface area contributed by atoms with Crippen LogP contribution in [0.2, 0.25) is 0 Å². The quantitative estimate of drug-likeness (QED) is 0.584. The number of benzene rings is 2. The Balaban J connectivity index is 1.42. The van der Waals surface area contributed by atoms with Crippen LogP contribution in [0.3, 0.4) is 0 Å². The fourth-order valence-corrected chi connectivity index (χ4v) is 4.67. The van der Waals surface area contributed by atoms with Crippen molar-refractivity contribution in [3.8, 4) is 0 Å². The highest BCUT2D eigenvalue weighted by Gasteiger charge is 2.48. The van der Waals surface area contributed by atoms with Crippen molar-refractivity contribution in [2.75, 3.05) is 25.5 Å². The van der Waals surface area contributed by atoms with Gasteiger partial charge in [-0.3, -0.25) is 19.7 Å². The molecule has 1 atom stereocenters. The SMILES string of the molecule is COC(=O)[C@]1(c2ccccc2)CCN(C(=O)Cc2csc(NC(=O)c3ccccc3)n2)C1. The molecule has 0 bridgehead atoms. The highest BCUT2D eigenvalue weighted by atomic mass is 32.1. The van der Waals surface area contributed by atoms with E-state index in [1.54, 1.807) is 34.5 Å². The first-order valence-electron chi connectivity index (χ1n) is 10.2. The van der Waals surface area contributed by atoms with Gasteiger partial charge in [-0.15, -0.1) is 11.3 Å². The van der Waals surface area contributed by atoms with Gasteiger partial charge in [-0.25, -0.2) is 4.98 Å². The smallest absolute Gasteiger partial charge is 0.318 e. The monoisotopic (exact) mass is 449 g/mol. The van der Waals surface area contributed by atoms with Crippen molar-refractivity contribution in [1.29, 1.82) is 0 Å². The summed E-state index contributed by atoms with van der Waals surface area (Å²) in [6, 6.07) is 18.3. The van der Waals surface area contributed by atoms with Crippen LogP contribution in [0, 0.1) is 0 Å². The van der Waals surface area contributed by atoms with E-state index in [0.717, 1.165) is 5.56 Å². The Hall–Kier alpha value is -3.52. The largest absolute Gasteiger partial charge is 0.468 e. The number of amides is 2. The van der Waals surface area contributed by atoms with Gasteiger partial charge in [0.1, 0.15) is 5.41 Å². The van der Waals surface area contributed by atoms with E-state index in [4.69, 9.17) is 4.74 Å². The average Bonchev–Trinajstić information content (AvgIpc) is 3.48. The number of hydrogen-bond acceptors (Lipinski definition) is 6. The molecule has 7 nitrogen and oxygen atoms in total. The van der Waals surface area contributed by atoms with Crippen LogP contribution < -0.4 is 5.32 Å². The van der Waals surface area contributed by atoms with E-state index in [1.165, 1.54) is 18.4 Å². The van der Waals surface area contributed by atoms with Crippen molar-refractivity contribution in [3.05, 3.63) is 82.9 Å². The number of methoxy groups -OCH3 is 1. The van der Waals surface area contributed by atoms with E-state index in [2.05, 4.69) is 10.3 Å². The zero-order valence-corrected chi connectivity index (χ0v) is 18.4. The van der Waals surface area contributed by atoms with Crippen LogP contribution in [0.5, 0.6) is 0 Å². The summed E-state index contributed by atoms with van der Waals surface area (Å²) >= 11 is 1.27. The molecule has 1 fully saturated rings. The maximum Gasteiger partial charge on any atom is 0.318 e. The van der Waals surface area contributed by atoms with Gasteiger partial charge in [0.2, 0.25) is 5.91 Å². The second-order valence-corrected chi connectivity index (χ2v) is 8.50. The van der Waals surface area contributed by atoms with E-state index in [1.807, 2.05) is 36.4 Å². The van der Waals surface area contributed by atoms with Crippen LogP contribution in [0.15, 0.2) is 66.0 Å². The predicted octanol–water partition coefficient (Wildman–Crippen LogP) is 3.28. The predicted molar refractivity (Wildman–Crippen MR) is 122 cm³/mol. The number of anilines is 1. The van der Waals surface area contributed by atoms with Crippen LogP contribution in [0.4, 0.5) is 5.13 Å². The number of carbonyl (C=O) groups excluding carboxylic acids is 3. The number of hydrogen-bond donors (Lipinski definition) is 1. The minimum atomic E-state index is -0.859. The molecule has 0 radical (unpaired) electrons. The summed E-state index contributed by atoms with van der Waals surface area (Å²) in [5.41, 5.74) is 1.11. The summed E-state index contributed by atoms with van der Waals surface area (Å²) in [7, 11) is 1.37. The van der Waals surface area contributed by atoms with Gasteiger partial charge in [-0.2, -0.15) is 0 Å². The van der Waals surface area contributed by atoms with Gasteiger partial charge in [0, 0.05) is 24.0 Å². The highest BCUT2D eigenvalue weighted by Crippen LogP contribution is 2.36. The Morgan fingerprint density at radius 2 is 1.78 bits per heavy atom. The average molecular weight is 450 g/mol. The van der Waals surface area contributed by atoms with Crippen molar-refractivity contribution in [2.24, 2.45) is 0 Å². The lowest BCUT2D eigenvalue weighted by atomic mass is 9.79. The number of rotatable bonds is 6. The molecule has 1 N–H and O–H groups in total. The molecule has 4 rings (SSSR count). The first-order chi connectivity index (χ1) is 15.5. The molecule has 0 unspecified atom stereocenters. The molecule has 3 aromatic rings. The van der Waals surface area contributed by atoms with E-state index < -0.39 is 5.41 Å². The topological polar surface area (TPSA) is 88.6 Å². The van der Waals surface area contributed by atoms with Crippen LogP contribution in [-0.2, 0) is 26.2 Å². The number of carbonyl (C=O) groups is 3. The van der Waals surface area contributed by atoms with Gasteiger partial charge in [0.15, 0.2) is 5.13 Å². The van der Waals surface area contributed by atoms with E-state index in [0.29, 0.717) is 29.4 Å². The molecule has 164 valence electrons. The number of nitrogens with zero attached hydrogens (tertiary/aromatic N) is 2. The van der Waals surface area contributed by atoms with Crippen molar-refractivity contribution < 1.29 is 19.1 Å². The highest BCUT2D eigenvalue weighted by molar-refractivity contribution is 7.14. The van der Waals surface area contributed by atoms with Crippen molar-refractivity contribution in [1.82, 2.24) is 9.88 Å². The van der Waals surface area contributed by atoms with Crippen molar-refractivity contribution >= 4 is 34.3 Å². The first kappa shape index (κ1) is 21.7. The number of esters is 1. The maximum absolute atomic E-state index is 12.9. The van der Waals surface area contributed by atoms with Gasteiger partial charge in [-0.1, -0.05) is 48.5 Å². The summed E-state index contributed by atoms with van der Waals surface area (Å²) in [6.07, 6.45) is 0.606. The molecule has 0 saturated carbocycles. The fraction of sp³-hybridized carbons (Fsp3) is 0.250. The maximum atomic E-state index is 12.9. The van der Waals surface area contributed by atoms with E-state index >= 15 is 0 Å². The summed E-state index contributed by atoms with van der Waals surface area (Å²) in [6.45, 7) is 0.731. The third kappa shape index (κ3) is 4.40. The van der Waals surface area contributed by atoms with Gasteiger partial charge in [0.05, 0.1) is 19.2 Å². The molecule has 1 saturated heterocycles. The molecule has 1 aromatic heterocycles. The number of thiazole rings is 1. The second-order valence-electron chi connectivity index (χ2n) is 7.65. The van der Waals surface area contributed by atoms with Gasteiger partial charge < -0.3 is 9.64 Å². The molecule has 2 amide bonds. The first-order valence-corrected chi connectivity index (χ1v) is 11.1. The van der Waals surface area contributed by atoms with Gasteiger partial charge in [-0.05, 0) is 24.1 Å². The Labute approximate surface area is 190 Å². The lowest BCUT2D eigenvalue weighted by Gasteiger charge is -2.27. The molecule has 1 aliphatic heterocycles. The summed E-state index contributed by atoms with van der Waals surface area (Å²) in [5, 5.41) is 4.97. The number of nitrogens with one attached hydrogen (secondary N) is 1. The minimum absolute atomic E-state index is 0.101. The second kappa shape index (κ2) is 9.32. The Bertz CT molecular complexity index is 1120. The number of aromatic nitrogens is 1. The third-order valence-electron chi connectivity index (χ3n) is 5.67. The molecule has 2 aromatic carbocycles. The van der Waals surface area contributed by atoms with Crippen LogP contribution in [0.25, 0.3) is 0 Å². The molecule has 8 heteroatoms. The lowest BCUT2D eigenvalue weighted by molar-refractivity contribution is -0.147. The van der Waals surface area contributed by atoms with E-state index in [-0.39, 0.29) is 30.7 Å². The third-order valence-corrected chi connectivity index (χ3v) is 6.47. The lowest BCUT2D eigenvalue weighted by Crippen LogP contribution is -2.41. The molecular formula is C24H23N3O4S. The molecule has 2 heterocycles. The van der Waals surface area contributed by atoms with Crippen LogP contribution >= 0.6 is 11.3 Å². The molecular weight excluding hydrogens is 426 g/mol. The summed E-state index contributed by atoms with van der Waals surface area (Å²) < 4.78 is 5.09. The van der Waals surface area contributed by atoms with Gasteiger partial charge in [0.25, 0.3) is 5.91 Å². The molecule has 0 spiro atoms. The molecule has 0 aliphatic carbocycles. The van der Waals surface area contributed by atoms with Crippen LogP contribution in [-0.4, -0.2) is 47.9 Å². The van der Waals surface area contributed by atoms with Gasteiger partial charge >= 0.3 is 5.97 Å². The number of ether oxygens (including phenoxy) is 1. The normalized spacial score (nSPS) is 17.7. The Morgan fingerprint density at radius 3 is 2.47 bits per heavy atom. The minimum Gasteiger partial charge on any atom is -0.468 e. The van der Waals surface area contributed by atoms with Crippen molar-refractivity contribution in [3.63, 3.8) is 0 Å².